The summed E-state index contributed by atoms with van der Waals surface area (Å²) in [6.45, 7) is 12.3. The molecule has 0 saturated carbocycles. The molecule has 1 N–H and O–H groups in total. The van der Waals surface area contributed by atoms with Gasteiger partial charge in [0.25, 0.3) is 0 Å². The fraction of sp³-hybridized carbons (Fsp3) is 0.737. The fourth-order valence-corrected chi connectivity index (χ4v) is 8.27. The molecule has 3 saturated heterocycles. The number of nitrogens with zero attached hydrogens (tertiary/aromatic N) is 3. The number of likely N-dealkylation sites (N-methyl/N-ethyl adjacent to an activating group) is 2. The summed E-state index contributed by atoms with van der Waals surface area (Å²) in [6, 6.07) is 7.63. The highest BCUT2D eigenvalue weighted by Gasteiger charge is 2.54. The second-order valence-corrected chi connectivity index (χ2v) is 16.1. The van der Waals surface area contributed by atoms with Crippen molar-refractivity contribution in [3.05, 3.63) is 34.9 Å². The third-order valence-corrected chi connectivity index (χ3v) is 11.1. The van der Waals surface area contributed by atoms with E-state index in [9.17, 15) is 14.7 Å². The van der Waals surface area contributed by atoms with E-state index >= 15 is 0 Å². The predicted molar refractivity (Wildman–Crippen MR) is 190 cm³/mol. The second kappa shape index (κ2) is 16.1. The number of Topliss-reactive ketones (excluding diaryl/α,β-unsaturated/α-hetero) is 1. The third-order valence-electron chi connectivity index (χ3n) is 10.8. The highest BCUT2D eigenvalue weighted by molar-refractivity contribution is 6.30. The summed E-state index contributed by atoms with van der Waals surface area (Å²) in [5, 5.41) is 12.1. The van der Waals surface area contributed by atoms with Crippen molar-refractivity contribution in [2.45, 2.75) is 109 Å². The highest BCUT2D eigenvalue weighted by atomic mass is 35.5. The maximum Gasteiger partial charge on any atom is 0.319 e. The number of hydrogen-bond acceptors (Lipinski definition) is 10. The molecule has 1 aromatic rings. The van der Waals surface area contributed by atoms with Gasteiger partial charge in [-0.2, -0.15) is 0 Å². The Labute approximate surface area is 298 Å². The molecule has 274 valence electrons. The Balaban J connectivity index is 1.65. The minimum absolute atomic E-state index is 0.00415. The number of ketones is 1. The van der Waals surface area contributed by atoms with E-state index in [0.717, 1.165) is 25.2 Å². The molecular weight excluding hydrogens is 646 g/mol. The lowest BCUT2D eigenvalue weighted by molar-refractivity contribution is -0.291. The summed E-state index contributed by atoms with van der Waals surface area (Å²) in [6.07, 6.45) is 5.20. The zero-order valence-electron chi connectivity index (χ0n) is 30.9. The van der Waals surface area contributed by atoms with E-state index in [0.29, 0.717) is 43.8 Å². The first-order chi connectivity index (χ1) is 23.0. The molecule has 0 amide bonds. The lowest BCUT2D eigenvalue weighted by Crippen LogP contribution is -2.60. The first-order valence-corrected chi connectivity index (χ1v) is 17.9. The number of aliphatic hydroxyl groups excluding tert-OH is 1. The highest BCUT2D eigenvalue weighted by Crippen LogP contribution is 2.40. The summed E-state index contributed by atoms with van der Waals surface area (Å²) in [7, 11) is 7.35. The van der Waals surface area contributed by atoms with Crippen LogP contribution >= 0.6 is 11.6 Å². The number of benzene rings is 1. The van der Waals surface area contributed by atoms with Gasteiger partial charge in [-0.1, -0.05) is 43.5 Å². The molecule has 3 aliphatic rings. The minimum Gasteiger partial charge on any atom is -0.457 e. The molecule has 10 nitrogen and oxygen atoms in total. The van der Waals surface area contributed by atoms with Crippen LogP contribution in [0.25, 0.3) is 0 Å². The summed E-state index contributed by atoms with van der Waals surface area (Å²) < 4.78 is 25.4. The van der Waals surface area contributed by atoms with E-state index < -0.39 is 47.0 Å². The van der Waals surface area contributed by atoms with Crippen molar-refractivity contribution in [3.63, 3.8) is 0 Å². The summed E-state index contributed by atoms with van der Waals surface area (Å²) in [4.78, 5) is 35.2. The van der Waals surface area contributed by atoms with Gasteiger partial charge in [0.05, 0.1) is 6.10 Å². The molecule has 3 aliphatic heterocycles. The molecule has 1 aromatic carbocycles. The SMILES string of the molecule is C#C[C@@]1(OC)C[C@@H](C)CN(C)CC2(CCN(Cc3cccc(Cl)c3)CC2)OC(=O)C(C)(C)C(=O)[C@H](C)[C@H]1O[C@@H]1O[C@H](C)C[C@H](N(C)C)[C@H]1O. The van der Waals surface area contributed by atoms with Crippen molar-refractivity contribution in [3.8, 4) is 12.3 Å². The molecule has 0 unspecified atom stereocenters. The Hall–Kier alpha value is -2.07. The zero-order valence-corrected chi connectivity index (χ0v) is 31.7. The monoisotopic (exact) mass is 703 g/mol. The third kappa shape index (κ3) is 9.06. The molecule has 49 heavy (non-hydrogen) atoms. The summed E-state index contributed by atoms with van der Waals surface area (Å²) in [5.41, 5.74) is -2.52. The van der Waals surface area contributed by atoms with Crippen LogP contribution in [-0.2, 0) is 35.1 Å². The number of ether oxygens (including phenoxy) is 4. The number of aliphatic hydroxyl groups is 1. The van der Waals surface area contributed by atoms with Crippen molar-refractivity contribution >= 4 is 23.4 Å². The molecule has 11 heteroatoms. The van der Waals surface area contributed by atoms with Gasteiger partial charge in [-0.25, -0.2) is 0 Å². The number of terminal acetylenes is 1. The Bertz CT molecular complexity index is 1340. The molecule has 3 fully saturated rings. The molecule has 4 rings (SSSR count). The number of rotatable bonds is 6. The number of hydrogen-bond donors (Lipinski definition) is 1. The molecule has 0 aromatic heterocycles. The van der Waals surface area contributed by atoms with Crippen molar-refractivity contribution in [2.24, 2.45) is 17.3 Å². The van der Waals surface area contributed by atoms with Crippen LogP contribution in [-0.4, -0.2) is 128 Å². The number of piperidine rings is 1. The van der Waals surface area contributed by atoms with Gasteiger partial charge in [0.1, 0.15) is 23.2 Å². The van der Waals surface area contributed by atoms with Gasteiger partial charge < -0.3 is 33.9 Å². The number of methoxy groups -OCH3 is 1. The number of carbonyl (C=O) groups excluding carboxylic acids is 2. The van der Waals surface area contributed by atoms with Gasteiger partial charge in [0.15, 0.2) is 17.7 Å². The minimum atomic E-state index is -1.52. The predicted octanol–water partition coefficient (Wildman–Crippen LogP) is 4.25. The van der Waals surface area contributed by atoms with E-state index in [1.54, 1.807) is 20.8 Å². The van der Waals surface area contributed by atoms with Crippen LogP contribution in [0.2, 0.25) is 5.02 Å². The van der Waals surface area contributed by atoms with Gasteiger partial charge in [-0.15, -0.1) is 6.42 Å². The van der Waals surface area contributed by atoms with E-state index in [1.807, 2.05) is 51.2 Å². The Kier molecular flexibility index (Phi) is 13.0. The van der Waals surface area contributed by atoms with E-state index in [1.165, 1.54) is 7.11 Å². The molecular formula is C38H58ClN3O7. The van der Waals surface area contributed by atoms with Crippen molar-refractivity contribution in [2.75, 3.05) is 54.4 Å². The van der Waals surface area contributed by atoms with Crippen molar-refractivity contribution in [1.82, 2.24) is 14.7 Å². The molecule has 0 radical (unpaired) electrons. The Morgan fingerprint density at radius 2 is 1.84 bits per heavy atom. The number of likely N-dealkylation sites (tertiary alicyclic amines) is 1. The normalized spacial score (nSPS) is 35.2. The quantitative estimate of drug-likeness (QED) is 0.263. The standard InChI is InChI=1S/C38H58ClN3O7/c1-11-38(46-10)21-25(2)22-41(9)24-37(15-17-42(18-16-37)23-28-13-12-14-29(39)20-28)49-35(45)36(5,6)32(44)27(4)33(38)48-34-31(43)30(40(7)8)19-26(3)47-34/h1,12-14,20,25-27,30-31,33-34,43H,15-19,21-24H2,2-10H3/t25-,26-,27+,30+,31-,33-,34+,38-/m1/s1. The van der Waals surface area contributed by atoms with Crippen LogP contribution in [0.5, 0.6) is 0 Å². The maximum atomic E-state index is 14.5. The van der Waals surface area contributed by atoms with Gasteiger partial charge in [0, 0.05) is 69.7 Å². The molecule has 3 heterocycles. The first-order valence-electron chi connectivity index (χ1n) is 17.6. The Morgan fingerprint density at radius 3 is 2.43 bits per heavy atom. The summed E-state index contributed by atoms with van der Waals surface area (Å²) >= 11 is 6.24. The van der Waals surface area contributed by atoms with Crippen LogP contribution in [0.3, 0.4) is 0 Å². The lowest BCUT2D eigenvalue weighted by Gasteiger charge is -2.46. The number of halogens is 1. The van der Waals surface area contributed by atoms with Crippen molar-refractivity contribution < 1.29 is 33.6 Å². The van der Waals surface area contributed by atoms with Crippen molar-refractivity contribution in [1.29, 1.82) is 0 Å². The van der Waals surface area contributed by atoms with Crippen LogP contribution in [0, 0.1) is 29.6 Å². The average Bonchev–Trinajstić information content (AvgIpc) is 3.03. The Morgan fingerprint density at radius 1 is 1.16 bits per heavy atom. The molecule has 1 spiro atoms. The smallest absolute Gasteiger partial charge is 0.319 e. The number of esters is 1. The topological polar surface area (TPSA) is 101 Å². The second-order valence-electron chi connectivity index (χ2n) is 15.6. The average molecular weight is 704 g/mol. The van der Waals surface area contributed by atoms with Crippen LogP contribution < -0.4 is 0 Å². The zero-order chi connectivity index (χ0) is 36.3. The first kappa shape index (κ1) is 39.7. The van der Waals surface area contributed by atoms with Gasteiger partial charge >= 0.3 is 5.97 Å². The van der Waals surface area contributed by atoms with Crippen LogP contribution in [0.4, 0.5) is 0 Å². The largest absolute Gasteiger partial charge is 0.457 e. The fourth-order valence-electron chi connectivity index (χ4n) is 8.05. The lowest BCUT2D eigenvalue weighted by atomic mass is 9.73. The molecule has 0 bridgehead atoms. The van der Waals surface area contributed by atoms with Gasteiger partial charge in [-0.05, 0) is 78.4 Å². The van der Waals surface area contributed by atoms with E-state index in [-0.39, 0.29) is 23.8 Å². The number of carbonyl (C=O) groups is 2. The maximum absolute atomic E-state index is 14.5. The summed E-state index contributed by atoms with van der Waals surface area (Å²) in [5.74, 6) is 0.994. The van der Waals surface area contributed by atoms with E-state index in [4.69, 9.17) is 37.0 Å². The van der Waals surface area contributed by atoms with Gasteiger partial charge in [0.2, 0.25) is 0 Å². The van der Waals surface area contributed by atoms with E-state index in [2.05, 4.69) is 28.7 Å². The van der Waals surface area contributed by atoms with Crippen LogP contribution in [0.15, 0.2) is 24.3 Å². The van der Waals surface area contributed by atoms with Gasteiger partial charge in [-0.3, -0.25) is 14.5 Å². The van der Waals surface area contributed by atoms with Crippen LogP contribution in [0.1, 0.15) is 65.9 Å². The molecule has 0 aliphatic carbocycles. The molecule has 8 atom stereocenters.